The van der Waals surface area contributed by atoms with Crippen LogP contribution in [0.1, 0.15) is 29.6 Å². The van der Waals surface area contributed by atoms with E-state index in [4.69, 9.17) is 4.74 Å². The van der Waals surface area contributed by atoms with Crippen LogP contribution in [0.5, 0.6) is 0 Å². The number of hydrogen-bond donors (Lipinski definition) is 2. The fourth-order valence-corrected chi connectivity index (χ4v) is 4.09. The quantitative estimate of drug-likeness (QED) is 0.523. The van der Waals surface area contributed by atoms with Crippen molar-refractivity contribution in [3.8, 4) is 0 Å². The average molecular weight is 493 g/mol. The molecule has 35 heavy (non-hydrogen) atoms. The summed E-state index contributed by atoms with van der Waals surface area (Å²) in [6, 6.07) is 2.40. The molecule has 1 aliphatic heterocycles. The Bertz CT molecular complexity index is 1240. The summed E-state index contributed by atoms with van der Waals surface area (Å²) < 4.78 is 46.8. The minimum absolute atomic E-state index is 0.150. The molecule has 0 saturated heterocycles. The minimum atomic E-state index is -4.49. The molecule has 0 aromatic carbocycles. The highest BCUT2D eigenvalue weighted by atomic mass is 19.4. The van der Waals surface area contributed by atoms with Gasteiger partial charge in [0.1, 0.15) is 11.9 Å². The third kappa shape index (κ3) is 4.94. The van der Waals surface area contributed by atoms with Crippen molar-refractivity contribution in [3.63, 3.8) is 0 Å². The molecule has 0 radical (unpaired) electrons. The second-order valence-electron chi connectivity index (χ2n) is 8.51. The van der Waals surface area contributed by atoms with Crippen LogP contribution in [0.15, 0.2) is 24.5 Å². The average Bonchev–Trinajstić information content (AvgIpc) is 3.39. The van der Waals surface area contributed by atoms with Crippen LogP contribution in [0, 0.1) is 6.92 Å². The maximum Gasteiger partial charge on any atom is 0.435 e. The van der Waals surface area contributed by atoms with Crippen molar-refractivity contribution in [1.82, 2.24) is 24.5 Å². The molecular weight excluding hydrogens is 465 g/mol. The zero-order valence-electron chi connectivity index (χ0n) is 20.0. The van der Waals surface area contributed by atoms with Crippen LogP contribution in [0.3, 0.4) is 0 Å². The van der Waals surface area contributed by atoms with Gasteiger partial charge in [-0.15, -0.1) is 0 Å². The number of nitrogens with zero attached hydrogens (tertiary/aromatic N) is 6. The summed E-state index contributed by atoms with van der Waals surface area (Å²) in [7, 11) is 4.88. The third-order valence-corrected chi connectivity index (χ3v) is 6.06. The Kier molecular flexibility index (Phi) is 6.45. The van der Waals surface area contributed by atoms with Crippen molar-refractivity contribution in [1.29, 1.82) is 0 Å². The number of ether oxygens (including phenoxy) is 1. The van der Waals surface area contributed by atoms with Gasteiger partial charge in [-0.05, 0) is 19.9 Å². The van der Waals surface area contributed by atoms with E-state index in [0.29, 0.717) is 29.4 Å². The van der Waals surface area contributed by atoms with E-state index >= 15 is 0 Å². The van der Waals surface area contributed by atoms with Gasteiger partial charge in [0.05, 0.1) is 41.6 Å². The van der Waals surface area contributed by atoms with E-state index < -0.39 is 17.9 Å². The van der Waals surface area contributed by atoms with Crippen LogP contribution in [-0.2, 0) is 35.8 Å². The number of nitrogens with one attached hydrogen (secondary N) is 2. The van der Waals surface area contributed by atoms with Gasteiger partial charge >= 0.3 is 6.18 Å². The number of fused-ring (bicyclic) bond motifs is 1. The maximum absolute atomic E-state index is 12.9. The van der Waals surface area contributed by atoms with Gasteiger partial charge in [-0.2, -0.15) is 23.4 Å². The van der Waals surface area contributed by atoms with Gasteiger partial charge in [0.25, 0.3) is 0 Å². The topological polar surface area (TPSA) is 102 Å². The molecule has 4 rings (SSSR count). The lowest BCUT2D eigenvalue weighted by Crippen LogP contribution is -2.52. The van der Waals surface area contributed by atoms with Gasteiger partial charge in [0.2, 0.25) is 5.91 Å². The number of halogens is 3. The van der Waals surface area contributed by atoms with E-state index in [-0.39, 0.29) is 18.6 Å². The molecule has 0 saturated carbocycles. The Balaban J connectivity index is 1.46. The lowest BCUT2D eigenvalue weighted by Gasteiger charge is -2.38. The molecule has 0 spiro atoms. The van der Waals surface area contributed by atoms with Crippen molar-refractivity contribution >= 4 is 23.1 Å². The second kappa shape index (κ2) is 9.21. The number of aromatic nitrogens is 5. The number of anilines is 3. The predicted molar refractivity (Wildman–Crippen MR) is 123 cm³/mol. The largest absolute Gasteiger partial charge is 0.435 e. The highest BCUT2D eigenvalue weighted by Gasteiger charge is 2.36. The fourth-order valence-electron chi connectivity index (χ4n) is 4.09. The molecule has 3 aromatic rings. The Labute approximate surface area is 200 Å². The van der Waals surface area contributed by atoms with Crippen LogP contribution < -0.4 is 15.5 Å². The zero-order valence-corrected chi connectivity index (χ0v) is 20.0. The molecule has 0 bridgehead atoms. The van der Waals surface area contributed by atoms with Gasteiger partial charge in [0.15, 0.2) is 5.69 Å². The van der Waals surface area contributed by atoms with Gasteiger partial charge in [-0.3, -0.25) is 14.2 Å². The summed E-state index contributed by atoms with van der Waals surface area (Å²) in [4.78, 5) is 19.0. The first-order valence-corrected chi connectivity index (χ1v) is 10.9. The van der Waals surface area contributed by atoms with E-state index in [1.807, 2.05) is 31.9 Å². The summed E-state index contributed by atoms with van der Waals surface area (Å²) in [6.45, 7) is 4.21. The zero-order chi connectivity index (χ0) is 25.5. The molecule has 4 heterocycles. The monoisotopic (exact) mass is 492 g/mol. The van der Waals surface area contributed by atoms with Crippen LogP contribution in [0.25, 0.3) is 0 Å². The molecule has 10 nitrogen and oxygen atoms in total. The third-order valence-electron chi connectivity index (χ3n) is 6.06. The summed E-state index contributed by atoms with van der Waals surface area (Å²) in [5.41, 5.74) is 2.43. The minimum Gasteiger partial charge on any atom is -0.379 e. The van der Waals surface area contributed by atoms with Crippen molar-refractivity contribution in [2.45, 2.75) is 45.3 Å². The molecule has 3 aromatic heterocycles. The summed E-state index contributed by atoms with van der Waals surface area (Å²) in [6.07, 6.45) is -1.41. The predicted octanol–water partition coefficient (Wildman–Crippen LogP) is 2.79. The van der Waals surface area contributed by atoms with Crippen molar-refractivity contribution in [3.05, 3.63) is 47.2 Å². The molecule has 0 aliphatic carbocycles. The molecular formula is C22H27F3N8O2. The number of amides is 1. The Hall–Kier alpha value is -3.61. The van der Waals surface area contributed by atoms with Crippen LogP contribution in [0.2, 0.25) is 0 Å². The van der Waals surface area contributed by atoms with Gasteiger partial charge < -0.3 is 20.3 Å². The number of carbonyl (C=O) groups excluding carboxylic acids is 1. The molecule has 188 valence electrons. The SMILES string of the molecule is COC(C)C1C(=O)Nc2c(cc(NCc3cnn(Cc4cc(C(F)(F)F)nn4C)c3)nc2C)N1C. The lowest BCUT2D eigenvalue weighted by atomic mass is 10.0. The molecule has 13 heteroatoms. The molecule has 0 fully saturated rings. The van der Waals surface area contributed by atoms with Gasteiger partial charge in [0, 0.05) is 45.6 Å². The van der Waals surface area contributed by atoms with Crippen molar-refractivity contribution in [2.24, 2.45) is 7.05 Å². The highest BCUT2D eigenvalue weighted by molar-refractivity contribution is 6.04. The number of methoxy groups -OCH3 is 1. The van der Waals surface area contributed by atoms with E-state index in [1.165, 1.54) is 11.7 Å². The normalized spacial score (nSPS) is 16.7. The van der Waals surface area contributed by atoms with Crippen LogP contribution >= 0.6 is 0 Å². The lowest BCUT2D eigenvalue weighted by molar-refractivity contribution is -0.141. The van der Waals surface area contributed by atoms with Crippen LogP contribution in [-0.4, -0.2) is 56.8 Å². The number of pyridine rings is 1. The van der Waals surface area contributed by atoms with Crippen molar-refractivity contribution in [2.75, 3.05) is 29.7 Å². The Morgan fingerprint density at radius 1 is 1.29 bits per heavy atom. The van der Waals surface area contributed by atoms with E-state index in [2.05, 4.69) is 25.8 Å². The summed E-state index contributed by atoms with van der Waals surface area (Å²) in [5, 5.41) is 14.0. The molecule has 2 unspecified atom stereocenters. The number of likely N-dealkylation sites (N-methyl/N-ethyl adjacent to an activating group) is 1. The smallest absolute Gasteiger partial charge is 0.379 e. The molecule has 1 amide bonds. The molecule has 1 aliphatic rings. The summed E-state index contributed by atoms with van der Waals surface area (Å²) >= 11 is 0. The first-order valence-electron chi connectivity index (χ1n) is 10.9. The van der Waals surface area contributed by atoms with Gasteiger partial charge in [-0.1, -0.05) is 0 Å². The number of alkyl halides is 3. The van der Waals surface area contributed by atoms with E-state index in [9.17, 15) is 18.0 Å². The van der Waals surface area contributed by atoms with Gasteiger partial charge in [-0.25, -0.2) is 4.98 Å². The number of hydrogen-bond acceptors (Lipinski definition) is 7. The number of rotatable bonds is 7. The van der Waals surface area contributed by atoms with Crippen molar-refractivity contribution < 1.29 is 22.7 Å². The van der Waals surface area contributed by atoms with Crippen LogP contribution in [0.4, 0.5) is 30.4 Å². The second-order valence-corrected chi connectivity index (χ2v) is 8.51. The number of carbonyl (C=O) groups is 1. The Morgan fingerprint density at radius 2 is 2.03 bits per heavy atom. The first kappa shape index (κ1) is 24.5. The number of aryl methyl sites for hydroxylation is 2. The first-order chi connectivity index (χ1) is 16.5. The molecule has 2 N–H and O–H groups in total. The standard InChI is InChI=1S/C22H27F3N8O2/c1-12-19-16(31(3)20(13(2)35-5)21(34)29-19)7-18(28-12)26-8-14-9-27-33(10-14)11-15-6-17(22(23,24)25)30-32(15)4/h6-7,9-10,13,20H,8,11H2,1-5H3,(H,26,28)(H,29,34). The van der Waals surface area contributed by atoms with E-state index in [1.54, 1.807) is 24.2 Å². The highest BCUT2D eigenvalue weighted by Crippen LogP contribution is 2.36. The maximum atomic E-state index is 12.9. The van der Waals surface area contributed by atoms with E-state index in [0.717, 1.165) is 17.3 Å². The molecule has 2 atom stereocenters. The summed E-state index contributed by atoms with van der Waals surface area (Å²) in [5.74, 6) is 0.463. The fraction of sp³-hybridized carbons (Fsp3) is 0.455. The Morgan fingerprint density at radius 3 is 2.69 bits per heavy atom.